The summed E-state index contributed by atoms with van der Waals surface area (Å²) >= 11 is 0. The third-order valence-electron chi connectivity index (χ3n) is 4.67. The SMILES string of the molecule is CC1CN(C(=O)Nc2cccnc2)CC/C1=C\c1cccc(C(F)(F)F)c1F. The number of rotatable bonds is 2. The van der Waals surface area contributed by atoms with Gasteiger partial charge < -0.3 is 10.2 Å². The first-order chi connectivity index (χ1) is 13.3. The van der Waals surface area contributed by atoms with Crippen LogP contribution in [0.15, 0.2) is 48.3 Å². The molecule has 1 aromatic heterocycles. The van der Waals surface area contributed by atoms with Crippen LogP contribution in [0.1, 0.15) is 24.5 Å². The Morgan fingerprint density at radius 2 is 2.07 bits per heavy atom. The van der Waals surface area contributed by atoms with Crippen LogP contribution >= 0.6 is 0 Å². The van der Waals surface area contributed by atoms with Crippen molar-refractivity contribution >= 4 is 17.8 Å². The highest BCUT2D eigenvalue weighted by atomic mass is 19.4. The molecule has 3 rings (SSSR count). The predicted molar refractivity (Wildman–Crippen MR) is 98.0 cm³/mol. The van der Waals surface area contributed by atoms with Crippen molar-refractivity contribution in [1.29, 1.82) is 0 Å². The number of hydrogen-bond acceptors (Lipinski definition) is 2. The van der Waals surface area contributed by atoms with Gasteiger partial charge in [0.25, 0.3) is 0 Å². The fraction of sp³-hybridized carbons (Fsp3) is 0.300. The maximum absolute atomic E-state index is 14.3. The molecule has 1 aliphatic rings. The number of carbonyl (C=O) groups is 1. The first kappa shape index (κ1) is 19.9. The van der Waals surface area contributed by atoms with E-state index in [0.29, 0.717) is 25.2 Å². The Morgan fingerprint density at radius 3 is 2.71 bits per heavy atom. The van der Waals surface area contributed by atoms with Crippen LogP contribution in [-0.4, -0.2) is 29.0 Å². The summed E-state index contributed by atoms with van der Waals surface area (Å²) in [4.78, 5) is 17.9. The fourth-order valence-corrected chi connectivity index (χ4v) is 3.17. The van der Waals surface area contributed by atoms with Crippen LogP contribution in [0.4, 0.5) is 28.0 Å². The van der Waals surface area contributed by atoms with Gasteiger partial charge in [-0.25, -0.2) is 9.18 Å². The number of hydrogen-bond donors (Lipinski definition) is 1. The molecule has 0 spiro atoms. The molecule has 1 fully saturated rings. The van der Waals surface area contributed by atoms with Crippen LogP contribution in [0.3, 0.4) is 0 Å². The highest BCUT2D eigenvalue weighted by molar-refractivity contribution is 5.89. The summed E-state index contributed by atoms with van der Waals surface area (Å²) in [5.74, 6) is -1.38. The Kier molecular flexibility index (Phi) is 5.67. The van der Waals surface area contributed by atoms with E-state index in [1.807, 2.05) is 6.92 Å². The van der Waals surface area contributed by atoms with E-state index >= 15 is 0 Å². The van der Waals surface area contributed by atoms with E-state index < -0.39 is 17.6 Å². The van der Waals surface area contributed by atoms with Gasteiger partial charge in [0, 0.05) is 24.8 Å². The average molecular weight is 393 g/mol. The number of nitrogens with one attached hydrogen (secondary N) is 1. The second-order valence-corrected chi connectivity index (χ2v) is 6.69. The van der Waals surface area contributed by atoms with Crippen molar-refractivity contribution in [2.45, 2.75) is 19.5 Å². The van der Waals surface area contributed by atoms with E-state index in [4.69, 9.17) is 0 Å². The lowest BCUT2D eigenvalue weighted by atomic mass is 9.91. The first-order valence-corrected chi connectivity index (χ1v) is 8.78. The molecule has 4 nitrogen and oxygen atoms in total. The molecule has 148 valence electrons. The van der Waals surface area contributed by atoms with Gasteiger partial charge in [-0.2, -0.15) is 13.2 Å². The van der Waals surface area contributed by atoms with Gasteiger partial charge in [0.15, 0.2) is 0 Å². The Bertz CT molecular complexity index is 881. The normalized spacial score (nSPS) is 19.0. The second kappa shape index (κ2) is 8.00. The molecule has 2 aromatic rings. The molecule has 8 heteroatoms. The number of amides is 2. The van der Waals surface area contributed by atoms with Gasteiger partial charge in [-0.1, -0.05) is 30.7 Å². The second-order valence-electron chi connectivity index (χ2n) is 6.69. The van der Waals surface area contributed by atoms with Crippen LogP contribution in [0.5, 0.6) is 0 Å². The Balaban J connectivity index is 1.71. The Hall–Kier alpha value is -2.90. The van der Waals surface area contributed by atoms with Crippen molar-refractivity contribution in [3.8, 4) is 0 Å². The number of likely N-dealkylation sites (tertiary alicyclic amines) is 1. The van der Waals surface area contributed by atoms with E-state index in [0.717, 1.165) is 11.6 Å². The molecule has 2 amide bonds. The maximum atomic E-state index is 14.3. The standard InChI is InChI=1S/C20H19F4N3O/c1-13-12-27(19(28)26-16-5-3-8-25-11-16)9-7-14(13)10-15-4-2-6-17(18(15)21)20(22,23)24/h2-6,8,10-11,13H,7,9,12H2,1H3,(H,26,28)/b14-10+. The van der Waals surface area contributed by atoms with Crippen LogP contribution in [0.25, 0.3) is 6.08 Å². The van der Waals surface area contributed by atoms with Gasteiger partial charge in [0.2, 0.25) is 0 Å². The van der Waals surface area contributed by atoms with Crippen LogP contribution in [0.2, 0.25) is 0 Å². The lowest BCUT2D eigenvalue weighted by Crippen LogP contribution is -2.42. The smallest absolute Gasteiger partial charge is 0.324 e. The molecule has 1 unspecified atom stereocenters. The maximum Gasteiger partial charge on any atom is 0.419 e. The van der Waals surface area contributed by atoms with Crippen molar-refractivity contribution < 1.29 is 22.4 Å². The molecular weight excluding hydrogens is 374 g/mol. The summed E-state index contributed by atoms with van der Waals surface area (Å²) in [6.07, 6.45) is 0.316. The van der Waals surface area contributed by atoms with Gasteiger partial charge in [0.1, 0.15) is 5.82 Å². The molecule has 28 heavy (non-hydrogen) atoms. The van der Waals surface area contributed by atoms with E-state index in [9.17, 15) is 22.4 Å². The summed E-state index contributed by atoms with van der Waals surface area (Å²) in [5, 5.41) is 2.75. The number of aromatic nitrogens is 1. The molecule has 2 heterocycles. The van der Waals surface area contributed by atoms with Crippen LogP contribution in [0, 0.1) is 11.7 Å². The molecular formula is C20H19F4N3O. The predicted octanol–water partition coefficient (Wildman–Crippen LogP) is 5.20. The molecule has 1 aromatic carbocycles. The average Bonchev–Trinajstić information content (AvgIpc) is 2.64. The van der Waals surface area contributed by atoms with Crippen molar-refractivity contribution in [3.05, 3.63) is 65.2 Å². The largest absolute Gasteiger partial charge is 0.419 e. The minimum absolute atomic E-state index is 0.0927. The molecule has 1 N–H and O–H groups in total. The lowest BCUT2D eigenvalue weighted by molar-refractivity contribution is -0.140. The van der Waals surface area contributed by atoms with E-state index in [-0.39, 0.29) is 17.5 Å². The highest BCUT2D eigenvalue weighted by Gasteiger charge is 2.34. The van der Waals surface area contributed by atoms with E-state index in [2.05, 4.69) is 10.3 Å². The summed E-state index contributed by atoms with van der Waals surface area (Å²) in [6.45, 7) is 2.64. The summed E-state index contributed by atoms with van der Waals surface area (Å²) in [7, 11) is 0. The minimum atomic E-state index is -4.74. The number of alkyl halides is 3. The van der Waals surface area contributed by atoms with Crippen molar-refractivity contribution in [2.24, 2.45) is 5.92 Å². The van der Waals surface area contributed by atoms with Gasteiger partial charge in [-0.3, -0.25) is 4.98 Å². The van der Waals surface area contributed by atoms with Gasteiger partial charge in [0.05, 0.1) is 17.4 Å². The van der Waals surface area contributed by atoms with Crippen molar-refractivity contribution in [3.63, 3.8) is 0 Å². The number of piperidine rings is 1. The Morgan fingerprint density at radius 1 is 1.29 bits per heavy atom. The number of pyridine rings is 1. The first-order valence-electron chi connectivity index (χ1n) is 8.78. The number of benzene rings is 1. The van der Waals surface area contributed by atoms with Gasteiger partial charge >= 0.3 is 12.2 Å². The molecule has 0 radical (unpaired) electrons. The van der Waals surface area contributed by atoms with Crippen LogP contribution in [-0.2, 0) is 6.18 Å². The molecule has 0 saturated carbocycles. The quantitative estimate of drug-likeness (QED) is 0.713. The number of nitrogens with zero attached hydrogens (tertiary/aromatic N) is 2. The number of urea groups is 1. The number of anilines is 1. The van der Waals surface area contributed by atoms with Crippen molar-refractivity contribution in [1.82, 2.24) is 9.88 Å². The molecule has 1 saturated heterocycles. The van der Waals surface area contributed by atoms with E-state index in [1.54, 1.807) is 23.2 Å². The van der Waals surface area contributed by atoms with Gasteiger partial charge in [-0.05, 0) is 30.5 Å². The molecule has 1 atom stereocenters. The zero-order chi connectivity index (χ0) is 20.3. The summed E-state index contributed by atoms with van der Waals surface area (Å²) < 4.78 is 52.9. The minimum Gasteiger partial charge on any atom is -0.324 e. The fourth-order valence-electron chi connectivity index (χ4n) is 3.17. The molecule has 1 aliphatic heterocycles. The summed E-state index contributed by atoms with van der Waals surface area (Å²) in [6, 6.07) is 6.40. The highest BCUT2D eigenvalue weighted by Crippen LogP contribution is 2.34. The number of carbonyl (C=O) groups excluding carboxylic acids is 1. The van der Waals surface area contributed by atoms with Crippen LogP contribution < -0.4 is 5.32 Å². The van der Waals surface area contributed by atoms with Gasteiger partial charge in [-0.15, -0.1) is 0 Å². The number of halogens is 4. The van der Waals surface area contributed by atoms with Crippen molar-refractivity contribution in [2.75, 3.05) is 18.4 Å². The monoisotopic (exact) mass is 393 g/mol. The Labute approximate surface area is 159 Å². The molecule has 0 aliphatic carbocycles. The third kappa shape index (κ3) is 4.49. The zero-order valence-corrected chi connectivity index (χ0v) is 15.1. The summed E-state index contributed by atoms with van der Waals surface area (Å²) in [5.41, 5.74) is 0.0175. The lowest BCUT2D eigenvalue weighted by Gasteiger charge is -2.33. The van der Waals surface area contributed by atoms with E-state index in [1.165, 1.54) is 24.4 Å². The molecule has 0 bridgehead atoms. The topological polar surface area (TPSA) is 45.2 Å². The zero-order valence-electron chi connectivity index (χ0n) is 15.1. The third-order valence-corrected chi connectivity index (χ3v) is 4.67.